The Morgan fingerprint density at radius 3 is 2.62 bits per heavy atom. The van der Waals surface area contributed by atoms with Crippen LogP contribution in [0.3, 0.4) is 0 Å². The van der Waals surface area contributed by atoms with Gasteiger partial charge in [0.05, 0.1) is 23.9 Å². The van der Waals surface area contributed by atoms with Gasteiger partial charge in [-0.2, -0.15) is 10.4 Å². The summed E-state index contributed by atoms with van der Waals surface area (Å²) < 4.78 is 1.64. The number of nitrogens with zero attached hydrogens (tertiary/aromatic N) is 3. The number of rotatable bonds is 3. The van der Waals surface area contributed by atoms with Crippen LogP contribution in [0.15, 0.2) is 12.4 Å². The van der Waals surface area contributed by atoms with Crippen LogP contribution in [-0.4, -0.2) is 26.3 Å². The molecule has 4 aliphatic rings. The topological polar surface area (TPSA) is 78.9 Å². The van der Waals surface area contributed by atoms with Crippen LogP contribution in [0.2, 0.25) is 0 Å². The summed E-state index contributed by atoms with van der Waals surface area (Å²) in [5, 5.41) is 23.7. The van der Waals surface area contributed by atoms with Gasteiger partial charge in [0.25, 0.3) is 0 Å². The van der Waals surface area contributed by atoms with E-state index in [9.17, 15) is 9.90 Å². The van der Waals surface area contributed by atoms with Crippen molar-refractivity contribution in [3.8, 4) is 6.07 Å². The van der Waals surface area contributed by atoms with Gasteiger partial charge in [-0.15, -0.1) is 0 Å². The van der Waals surface area contributed by atoms with Crippen molar-refractivity contribution in [3.05, 3.63) is 18.0 Å². The number of aliphatic hydroxyl groups is 1. The highest BCUT2D eigenvalue weighted by Crippen LogP contribution is 2.59. The van der Waals surface area contributed by atoms with Crippen LogP contribution in [0.4, 0.5) is 0 Å². The summed E-state index contributed by atoms with van der Waals surface area (Å²) in [6.07, 6.45) is 13.7. The third-order valence-electron chi connectivity index (χ3n) is 9.05. The number of hydrogen-bond donors (Lipinski definition) is 1. The summed E-state index contributed by atoms with van der Waals surface area (Å²) in [6, 6.07) is 2.08. The Hall–Kier alpha value is -1.67. The Kier molecular flexibility index (Phi) is 4.81. The third-order valence-corrected chi connectivity index (χ3v) is 9.05. The van der Waals surface area contributed by atoms with E-state index in [2.05, 4.69) is 11.2 Å². The molecule has 0 spiro atoms. The van der Waals surface area contributed by atoms with Gasteiger partial charge in [-0.1, -0.05) is 0 Å². The molecule has 0 bridgehead atoms. The molecular formula is C24H33N3O2. The second-order valence-electron chi connectivity index (χ2n) is 10.7. The van der Waals surface area contributed by atoms with Crippen molar-refractivity contribution in [2.75, 3.05) is 0 Å². The molecule has 5 rings (SSSR count). The number of fused-ring (bicyclic) bond motifs is 5. The van der Waals surface area contributed by atoms with Crippen molar-refractivity contribution in [2.45, 2.75) is 76.9 Å². The summed E-state index contributed by atoms with van der Waals surface area (Å²) in [5.74, 6) is 4.90. The molecule has 0 radical (unpaired) electrons. The molecule has 1 aromatic heterocycles. The van der Waals surface area contributed by atoms with E-state index < -0.39 is 5.60 Å². The van der Waals surface area contributed by atoms with E-state index in [0.29, 0.717) is 29.7 Å². The fraction of sp³-hybridized carbons (Fsp3) is 0.792. The minimum atomic E-state index is -0.450. The van der Waals surface area contributed by atoms with E-state index >= 15 is 0 Å². The first-order chi connectivity index (χ1) is 13.9. The lowest BCUT2D eigenvalue weighted by atomic mass is 9.52. The van der Waals surface area contributed by atoms with Gasteiger partial charge in [0.15, 0.2) is 5.78 Å². The molecule has 1 aromatic rings. The quantitative estimate of drug-likeness (QED) is 0.840. The molecule has 1 N–H and O–H groups in total. The summed E-state index contributed by atoms with van der Waals surface area (Å²) in [5.41, 5.74) is 0.0689. The average Bonchev–Trinajstić information content (AvgIpc) is 3.33. The molecule has 156 valence electrons. The Morgan fingerprint density at radius 1 is 1.14 bits per heavy atom. The highest BCUT2D eigenvalue weighted by Gasteiger charge is 2.53. The van der Waals surface area contributed by atoms with E-state index in [1.165, 1.54) is 44.7 Å². The summed E-state index contributed by atoms with van der Waals surface area (Å²) in [4.78, 5) is 13.1. The van der Waals surface area contributed by atoms with Gasteiger partial charge >= 0.3 is 0 Å². The molecule has 4 aliphatic carbocycles. The first kappa shape index (κ1) is 19.3. The van der Waals surface area contributed by atoms with Crippen LogP contribution in [-0.2, 0) is 11.3 Å². The smallest absolute Gasteiger partial charge is 0.157 e. The van der Waals surface area contributed by atoms with Crippen LogP contribution in [0.1, 0.15) is 70.3 Å². The van der Waals surface area contributed by atoms with Gasteiger partial charge in [-0.3, -0.25) is 9.48 Å². The molecule has 0 unspecified atom stereocenters. The molecule has 5 nitrogen and oxygen atoms in total. The first-order valence-electron chi connectivity index (χ1n) is 11.6. The number of aromatic nitrogens is 2. The number of hydrogen-bond acceptors (Lipinski definition) is 4. The maximum atomic E-state index is 13.1. The van der Waals surface area contributed by atoms with Crippen LogP contribution in [0.25, 0.3) is 0 Å². The molecule has 8 atom stereocenters. The lowest BCUT2D eigenvalue weighted by Crippen LogP contribution is -2.48. The van der Waals surface area contributed by atoms with Gasteiger partial charge in [0.2, 0.25) is 0 Å². The molecule has 1 heterocycles. The van der Waals surface area contributed by atoms with Crippen molar-refractivity contribution >= 4 is 5.78 Å². The van der Waals surface area contributed by atoms with Crippen molar-refractivity contribution in [1.29, 1.82) is 5.26 Å². The number of carbonyl (C=O) groups is 1. The highest BCUT2D eigenvalue weighted by molar-refractivity contribution is 5.81. The predicted octanol–water partition coefficient (Wildman–Crippen LogP) is 3.95. The second kappa shape index (κ2) is 7.23. The predicted molar refractivity (Wildman–Crippen MR) is 109 cm³/mol. The van der Waals surface area contributed by atoms with E-state index in [1.807, 2.05) is 6.92 Å². The second-order valence-corrected chi connectivity index (χ2v) is 10.7. The highest BCUT2D eigenvalue weighted by atomic mass is 16.3. The standard InChI is InChI=1S/C24H33N3O2/c1-24(29)9-8-17-16(10-24)2-3-19-18(17)4-5-21-20(19)6-7-22(21)23(28)14-27-13-15(11-25)12-26-27/h12-13,16-22,29H,2-10,14H2,1H3/t16-,17+,18-,19-,20+,21-,22+,24-/m1/s1. The summed E-state index contributed by atoms with van der Waals surface area (Å²) in [6.45, 7) is 2.34. The Balaban J connectivity index is 1.26. The van der Waals surface area contributed by atoms with Gasteiger partial charge in [0.1, 0.15) is 6.07 Å². The van der Waals surface area contributed by atoms with Gasteiger partial charge < -0.3 is 5.11 Å². The van der Waals surface area contributed by atoms with Crippen molar-refractivity contribution in [2.24, 2.45) is 41.4 Å². The molecule has 0 amide bonds. The lowest BCUT2D eigenvalue weighted by molar-refractivity contribution is -0.127. The molecule has 0 aliphatic heterocycles. The van der Waals surface area contributed by atoms with Crippen LogP contribution >= 0.6 is 0 Å². The van der Waals surface area contributed by atoms with E-state index in [4.69, 9.17) is 5.26 Å². The van der Waals surface area contributed by atoms with Gasteiger partial charge in [-0.05, 0) is 100 Å². The zero-order valence-corrected chi connectivity index (χ0v) is 17.5. The molecule has 0 saturated heterocycles. The largest absolute Gasteiger partial charge is 0.390 e. The third kappa shape index (κ3) is 3.44. The van der Waals surface area contributed by atoms with Crippen molar-refractivity contribution < 1.29 is 9.90 Å². The molecule has 5 heteroatoms. The maximum Gasteiger partial charge on any atom is 0.157 e. The molecule has 4 fully saturated rings. The number of Topliss-reactive ketones (excluding diaryl/α,β-unsaturated/α-hetero) is 1. The fourth-order valence-corrected chi connectivity index (χ4v) is 7.92. The van der Waals surface area contributed by atoms with Gasteiger partial charge in [0, 0.05) is 12.1 Å². The first-order valence-corrected chi connectivity index (χ1v) is 11.6. The van der Waals surface area contributed by atoms with E-state index in [1.54, 1.807) is 10.9 Å². The fourth-order valence-electron chi connectivity index (χ4n) is 7.92. The Morgan fingerprint density at radius 2 is 1.83 bits per heavy atom. The SMILES string of the molecule is C[C@@]1(O)CC[C@H]2[C@H](CC[C@H]3[C@@H]4CC[C@H](C(=O)Cn5cc(C#N)cn5)[C@@H]4CC[C@@H]32)C1. The average molecular weight is 396 g/mol. The summed E-state index contributed by atoms with van der Waals surface area (Å²) in [7, 11) is 0. The van der Waals surface area contributed by atoms with E-state index in [-0.39, 0.29) is 5.92 Å². The van der Waals surface area contributed by atoms with Crippen LogP contribution in [0, 0.1) is 52.8 Å². The Labute approximate surface area is 173 Å². The minimum Gasteiger partial charge on any atom is -0.390 e. The number of nitriles is 1. The number of ketones is 1. The zero-order valence-electron chi connectivity index (χ0n) is 17.5. The van der Waals surface area contributed by atoms with Crippen molar-refractivity contribution in [3.63, 3.8) is 0 Å². The summed E-state index contributed by atoms with van der Waals surface area (Å²) >= 11 is 0. The van der Waals surface area contributed by atoms with Gasteiger partial charge in [-0.25, -0.2) is 0 Å². The molecular weight excluding hydrogens is 362 g/mol. The molecule has 4 saturated carbocycles. The molecule has 29 heavy (non-hydrogen) atoms. The van der Waals surface area contributed by atoms with Crippen molar-refractivity contribution in [1.82, 2.24) is 9.78 Å². The molecule has 0 aromatic carbocycles. The number of carbonyl (C=O) groups excluding carboxylic acids is 1. The van der Waals surface area contributed by atoms with Crippen LogP contribution < -0.4 is 0 Å². The Bertz CT molecular complexity index is 822. The lowest BCUT2D eigenvalue weighted by Gasteiger charge is -2.54. The van der Waals surface area contributed by atoms with Crippen LogP contribution in [0.5, 0.6) is 0 Å². The normalized spacial score (nSPS) is 43.7. The zero-order chi connectivity index (χ0) is 20.2. The maximum absolute atomic E-state index is 13.1. The van der Waals surface area contributed by atoms with E-state index in [0.717, 1.165) is 42.9 Å². The monoisotopic (exact) mass is 395 g/mol. The minimum absolute atomic E-state index is 0.181.